The highest BCUT2D eigenvalue weighted by molar-refractivity contribution is 6.38. The molecule has 0 fully saturated rings. The van der Waals surface area contributed by atoms with E-state index < -0.39 is 5.18 Å². The number of methoxy groups -OCH3 is 1. The van der Waals surface area contributed by atoms with Crippen molar-refractivity contribution in [2.45, 2.75) is 5.18 Å². The van der Waals surface area contributed by atoms with E-state index in [1.165, 1.54) is 13.3 Å². The van der Waals surface area contributed by atoms with E-state index in [0.29, 0.717) is 0 Å². The largest absolute Gasteiger partial charge is 0.339 e. The van der Waals surface area contributed by atoms with Gasteiger partial charge in [0.2, 0.25) is 0 Å². The SMILES string of the molecule is COC1(Cl)N=NNC=C1Cl. The zero-order valence-electron chi connectivity index (χ0n) is 5.14. The fourth-order valence-corrected chi connectivity index (χ4v) is 0.710. The van der Waals surface area contributed by atoms with Crippen LogP contribution in [-0.4, -0.2) is 12.3 Å². The molecule has 0 saturated heterocycles. The zero-order valence-corrected chi connectivity index (χ0v) is 6.65. The van der Waals surface area contributed by atoms with Gasteiger partial charge in [-0.05, 0) is 0 Å². The number of alkyl halides is 1. The molecule has 56 valence electrons. The predicted octanol–water partition coefficient (Wildman–Crippen LogP) is 1.58. The first-order valence-electron chi connectivity index (χ1n) is 2.46. The van der Waals surface area contributed by atoms with E-state index in [-0.39, 0.29) is 5.03 Å². The molecule has 0 aromatic rings. The van der Waals surface area contributed by atoms with E-state index in [1.807, 2.05) is 0 Å². The smallest absolute Gasteiger partial charge is 0.296 e. The van der Waals surface area contributed by atoms with Gasteiger partial charge in [0.05, 0.1) is 0 Å². The third-order valence-corrected chi connectivity index (χ3v) is 1.89. The summed E-state index contributed by atoms with van der Waals surface area (Å²) in [7, 11) is 1.40. The summed E-state index contributed by atoms with van der Waals surface area (Å²) in [5.74, 6) is 0. The second-order valence-electron chi connectivity index (χ2n) is 1.59. The third-order valence-electron chi connectivity index (χ3n) is 0.993. The van der Waals surface area contributed by atoms with Crippen molar-refractivity contribution in [1.29, 1.82) is 0 Å². The molecule has 1 atom stereocenters. The van der Waals surface area contributed by atoms with Gasteiger partial charge < -0.3 is 4.74 Å². The number of hydrogen-bond donors (Lipinski definition) is 1. The Morgan fingerprint density at radius 3 is 2.90 bits per heavy atom. The molecule has 1 unspecified atom stereocenters. The van der Waals surface area contributed by atoms with Crippen LogP contribution in [0.3, 0.4) is 0 Å². The summed E-state index contributed by atoms with van der Waals surface area (Å²) in [6, 6.07) is 0. The Hall–Kier alpha value is -0.320. The number of halogens is 2. The summed E-state index contributed by atoms with van der Waals surface area (Å²) in [6.07, 6.45) is 1.41. The molecule has 1 aliphatic rings. The molecule has 4 nitrogen and oxygen atoms in total. The number of hydrogen-bond acceptors (Lipinski definition) is 4. The van der Waals surface area contributed by atoms with Crippen LogP contribution in [0, 0.1) is 0 Å². The summed E-state index contributed by atoms with van der Waals surface area (Å²) in [6.45, 7) is 0. The lowest BCUT2D eigenvalue weighted by Gasteiger charge is -2.20. The lowest BCUT2D eigenvalue weighted by molar-refractivity contribution is 0.0968. The van der Waals surface area contributed by atoms with Crippen LogP contribution < -0.4 is 5.43 Å². The normalized spacial score (nSPS) is 31.3. The van der Waals surface area contributed by atoms with Crippen LogP contribution in [-0.2, 0) is 4.74 Å². The second kappa shape index (κ2) is 2.74. The number of rotatable bonds is 1. The summed E-state index contributed by atoms with van der Waals surface area (Å²) < 4.78 is 4.76. The maximum Gasteiger partial charge on any atom is 0.296 e. The van der Waals surface area contributed by atoms with Crippen LogP contribution in [0.2, 0.25) is 0 Å². The molecule has 0 aliphatic carbocycles. The Bertz CT molecular complexity index is 193. The molecule has 10 heavy (non-hydrogen) atoms. The van der Waals surface area contributed by atoms with Crippen LogP contribution >= 0.6 is 23.2 Å². The fraction of sp³-hybridized carbons (Fsp3) is 0.500. The molecule has 1 heterocycles. The Kier molecular flexibility index (Phi) is 2.13. The minimum absolute atomic E-state index is 0.256. The molecule has 1 N–H and O–H groups in total. The van der Waals surface area contributed by atoms with Gasteiger partial charge in [-0.2, -0.15) is 0 Å². The van der Waals surface area contributed by atoms with Crippen molar-refractivity contribution in [2.24, 2.45) is 10.3 Å². The maximum absolute atomic E-state index is 5.69. The standard InChI is InChI=1S/C4H5Cl2N3O/c1-10-4(6)3(5)2-7-9-8-4/h2H,1H3,(H,7,8). The van der Waals surface area contributed by atoms with Gasteiger partial charge in [0, 0.05) is 13.3 Å². The van der Waals surface area contributed by atoms with Crippen molar-refractivity contribution in [3.8, 4) is 0 Å². The molecule has 0 radical (unpaired) electrons. The van der Waals surface area contributed by atoms with Crippen molar-refractivity contribution < 1.29 is 4.74 Å². The van der Waals surface area contributed by atoms with Crippen molar-refractivity contribution >= 4 is 23.2 Å². The van der Waals surface area contributed by atoms with Gasteiger partial charge in [0.1, 0.15) is 5.03 Å². The van der Waals surface area contributed by atoms with Gasteiger partial charge in [-0.1, -0.05) is 28.4 Å². The quantitative estimate of drug-likeness (QED) is 0.494. The lowest BCUT2D eigenvalue weighted by atomic mass is 10.5. The monoisotopic (exact) mass is 181 g/mol. The Balaban J connectivity index is 2.83. The fourth-order valence-electron chi connectivity index (χ4n) is 0.454. The van der Waals surface area contributed by atoms with Crippen LogP contribution in [0.1, 0.15) is 0 Å². The minimum atomic E-state index is -1.33. The summed E-state index contributed by atoms with van der Waals surface area (Å²) >= 11 is 11.3. The Labute approximate surface area is 67.8 Å². The average molecular weight is 182 g/mol. The topological polar surface area (TPSA) is 46.0 Å². The van der Waals surface area contributed by atoms with Crippen molar-refractivity contribution in [3.63, 3.8) is 0 Å². The molecule has 1 rings (SSSR count). The van der Waals surface area contributed by atoms with Gasteiger partial charge in [-0.25, -0.2) is 0 Å². The molecular formula is C4H5Cl2N3O. The molecule has 0 spiro atoms. The highest BCUT2D eigenvalue weighted by Gasteiger charge is 2.32. The van der Waals surface area contributed by atoms with Gasteiger partial charge in [-0.15, -0.1) is 5.11 Å². The summed E-state index contributed by atoms with van der Waals surface area (Å²) in [5.41, 5.74) is 2.42. The first-order valence-corrected chi connectivity index (χ1v) is 3.22. The number of nitrogens with one attached hydrogen (secondary N) is 1. The highest BCUT2D eigenvalue weighted by Crippen LogP contribution is 2.31. The highest BCUT2D eigenvalue weighted by atomic mass is 35.5. The van der Waals surface area contributed by atoms with Crippen molar-refractivity contribution in [3.05, 3.63) is 11.2 Å². The lowest BCUT2D eigenvalue weighted by Crippen LogP contribution is -2.25. The van der Waals surface area contributed by atoms with Gasteiger partial charge in [0.15, 0.2) is 0 Å². The van der Waals surface area contributed by atoms with E-state index in [4.69, 9.17) is 27.9 Å². The van der Waals surface area contributed by atoms with E-state index in [9.17, 15) is 0 Å². The molecule has 6 heteroatoms. The predicted molar refractivity (Wildman–Crippen MR) is 37.5 cm³/mol. The second-order valence-corrected chi connectivity index (χ2v) is 2.51. The third kappa shape index (κ3) is 1.23. The van der Waals surface area contributed by atoms with Crippen LogP contribution in [0.4, 0.5) is 0 Å². The Morgan fingerprint density at radius 2 is 2.50 bits per heavy atom. The van der Waals surface area contributed by atoms with E-state index >= 15 is 0 Å². The molecule has 0 amide bonds. The maximum atomic E-state index is 5.69. The molecule has 0 aromatic carbocycles. The first kappa shape index (κ1) is 7.78. The average Bonchev–Trinajstić information content (AvgIpc) is 1.96. The molecular weight excluding hydrogens is 177 g/mol. The summed E-state index contributed by atoms with van der Waals surface area (Å²) in [4.78, 5) is 0. The molecule has 0 saturated carbocycles. The number of nitrogens with zero attached hydrogens (tertiary/aromatic N) is 2. The minimum Gasteiger partial charge on any atom is -0.339 e. The summed E-state index contributed by atoms with van der Waals surface area (Å²) in [5, 5.41) is 5.86. The van der Waals surface area contributed by atoms with E-state index in [2.05, 4.69) is 15.8 Å². The molecule has 1 aliphatic heterocycles. The van der Waals surface area contributed by atoms with Crippen molar-refractivity contribution in [2.75, 3.05) is 7.11 Å². The number of ether oxygens (including phenoxy) is 1. The van der Waals surface area contributed by atoms with E-state index in [1.54, 1.807) is 0 Å². The van der Waals surface area contributed by atoms with Crippen molar-refractivity contribution in [1.82, 2.24) is 5.43 Å². The van der Waals surface area contributed by atoms with Gasteiger partial charge in [-0.3, -0.25) is 5.43 Å². The zero-order chi connectivity index (χ0) is 7.61. The Morgan fingerprint density at radius 1 is 1.80 bits per heavy atom. The van der Waals surface area contributed by atoms with Gasteiger partial charge in [0.25, 0.3) is 5.18 Å². The molecule has 0 aromatic heterocycles. The molecule has 0 bridgehead atoms. The van der Waals surface area contributed by atoms with Crippen LogP contribution in [0.25, 0.3) is 0 Å². The van der Waals surface area contributed by atoms with Crippen LogP contribution in [0.15, 0.2) is 21.6 Å². The van der Waals surface area contributed by atoms with Gasteiger partial charge >= 0.3 is 0 Å². The first-order chi connectivity index (χ1) is 4.69. The van der Waals surface area contributed by atoms with E-state index in [0.717, 1.165) is 0 Å². The van der Waals surface area contributed by atoms with Crippen LogP contribution in [0.5, 0.6) is 0 Å².